The highest BCUT2D eigenvalue weighted by Gasteiger charge is 2.67. The number of halogens is 1. The van der Waals surface area contributed by atoms with Crippen molar-refractivity contribution in [2.75, 3.05) is 0 Å². The van der Waals surface area contributed by atoms with Gasteiger partial charge in [0.1, 0.15) is 17.3 Å². The number of carbonyl (C=O) groups is 2. The van der Waals surface area contributed by atoms with E-state index in [-0.39, 0.29) is 41.3 Å². The highest BCUT2D eigenvalue weighted by Crippen LogP contribution is 2.65. The molecule has 2 amide bonds. The van der Waals surface area contributed by atoms with Crippen molar-refractivity contribution >= 4 is 18.0 Å². The van der Waals surface area contributed by atoms with Crippen LogP contribution in [0.15, 0.2) is 58.1 Å². The van der Waals surface area contributed by atoms with Crippen LogP contribution < -0.4 is 0 Å². The molecule has 0 unspecified atom stereocenters. The summed E-state index contributed by atoms with van der Waals surface area (Å²) in [6.45, 7) is 0. The summed E-state index contributed by atoms with van der Waals surface area (Å²) in [5.74, 6) is 1.30. The minimum absolute atomic E-state index is 0.186. The van der Waals surface area contributed by atoms with E-state index in [1.807, 2.05) is 0 Å². The largest absolute Gasteiger partial charge is 0.455 e. The van der Waals surface area contributed by atoms with Crippen LogP contribution in [-0.4, -0.2) is 23.0 Å². The van der Waals surface area contributed by atoms with Crippen molar-refractivity contribution in [3.8, 4) is 11.3 Å². The first kappa shape index (κ1) is 16.0. The molecule has 6 atom stereocenters. The van der Waals surface area contributed by atoms with Crippen LogP contribution in [0, 0.1) is 41.3 Å². The molecule has 1 aromatic heterocycles. The van der Waals surface area contributed by atoms with E-state index < -0.39 is 0 Å². The van der Waals surface area contributed by atoms with Gasteiger partial charge in [-0.2, -0.15) is 10.1 Å². The lowest BCUT2D eigenvalue weighted by Gasteiger charge is -2.37. The number of carbonyl (C=O) groups excluding carboxylic acids is 2. The lowest BCUT2D eigenvalue weighted by molar-refractivity contribution is -0.140. The maximum absolute atomic E-state index is 13.1. The molecule has 2 aromatic rings. The van der Waals surface area contributed by atoms with Gasteiger partial charge in [-0.05, 0) is 66.5 Å². The molecule has 2 bridgehead atoms. The zero-order valence-electron chi connectivity index (χ0n) is 14.9. The van der Waals surface area contributed by atoms with E-state index in [0.717, 1.165) is 17.0 Å². The van der Waals surface area contributed by atoms with E-state index in [9.17, 15) is 14.0 Å². The van der Waals surface area contributed by atoms with Gasteiger partial charge in [0.2, 0.25) is 0 Å². The van der Waals surface area contributed by atoms with Crippen molar-refractivity contribution < 1.29 is 18.4 Å². The number of rotatable bonds is 3. The molecule has 7 rings (SSSR count). The number of benzene rings is 1. The van der Waals surface area contributed by atoms with Gasteiger partial charge >= 0.3 is 0 Å². The van der Waals surface area contributed by atoms with Crippen LogP contribution in [-0.2, 0) is 9.59 Å². The van der Waals surface area contributed by atoms with E-state index >= 15 is 0 Å². The topological polar surface area (TPSA) is 62.9 Å². The van der Waals surface area contributed by atoms with Crippen LogP contribution in [0.25, 0.3) is 11.3 Å². The molecule has 3 fully saturated rings. The Morgan fingerprint density at radius 2 is 1.61 bits per heavy atom. The highest BCUT2D eigenvalue weighted by atomic mass is 19.1. The number of hydrazone groups is 1. The minimum atomic E-state index is -0.314. The lowest BCUT2D eigenvalue weighted by atomic mass is 9.63. The molecule has 0 radical (unpaired) electrons. The molecule has 4 aliphatic carbocycles. The Bertz CT molecular complexity index is 1020. The van der Waals surface area contributed by atoms with Crippen molar-refractivity contribution in [3.63, 3.8) is 0 Å². The monoisotopic (exact) mass is 376 g/mol. The predicted molar refractivity (Wildman–Crippen MR) is 98.2 cm³/mol. The van der Waals surface area contributed by atoms with Crippen molar-refractivity contribution in [3.05, 3.63) is 60.1 Å². The molecule has 0 N–H and O–H groups in total. The molecule has 0 spiro atoms. The quantitative estimate of drug-likeness (QED) is 0.468. The van der Waals surface area contributed by atoms with E-state index in [1.165, 1.54) is 18.3 Å². The number of allylic oxidation sites excluding steroid dienone is 2. The van der Waals surface area contributed by atoms with E-state index in [2.05, 4.69) is 17.3 Å². The average molecular weight is 376 g/mol. The van der Waals surface area contributed by atoms with Crippen LogP contribution in [0.3, 0.4) is 0 Å². The highest BCUT2D eigenvalue weighted by molar-refractivity contribution is 6.06. The number of nitrogens with zero attached hydrogens (tertiary/aromatic N) is 2. The van der Waals surface area contributed by atoms with Crippen molar-refractivity contribution in [2.24, 2.45) is 40.6 Å². The number of hydrogen-bond acceptors (Lipinski definition) is 4. The third kappa shape index (κ3) is 2.14. The molecular formula is C22H17FN2O3. The van der Waals surface area contributed by atoms with Crippen LogP contribution in [0.2, 0.25) is 0 Å². The average Bonchev–Trinajstić information content (AvgIpc) is 3.34. The van der Waals surface area contributed by atoms with E-state index in [4.69, 9.17) is 4.42 Å². The van der Waals surface area contributed by atoms with Gasteiger partial charge in [-0.1, -0.05) is 12.2 Å². The number of hydrogen-bond donors (Lipinski definition) is 0. The van der Waals surface area contributed by atoms with Crippen molar-refractivity contribution in [2.45, 2.75) is 6.42 Å². The Kier molecular flexibility index (Phi) is 3.14. The molecule has 28 heavy (non-hydrogen) atoms. The molecule has 1 saturated heterocycles. The fourth-order valence-corrected chi connectivity index (χ4v) is 5.36. The van der Waals surface area contributed by atoms with Gasteiger partial charge < -0.3 is 4.42 Å². The Labute approximate surface area is 160 Å². The van der Waals surface area contributed by atoms with Gasteiger partial charge in [0.25, 0.3) is 11.8 Å². The maximum atomic E-state index is 13.1. The first-order valence-electron chi connectivity index (χ1n) is 9.58. The molecule has 140 valence electrons. The fraction of sp³-hybridized carbons (Fsp3) is 0.318. The van der Waals surface area contributed by atoms with E-state index in [1.54, 1.807) is 24.3 Å². The second-order valence-corrected chi connectivity index (χ2v) is 8.10. The summed E-state index contributed by atoms with van der Waals surface area (Å²) in [5.41, 5.74) is 0.738. The number of furan rings is 1. The minimum Gasteiger partial charge on any atom is -0.455 e. The molecule has 5 nitrogen and oxygen atoms in total. The zero-order valence-corrected chi connectivity index (χ0v) is 14.9. The van der Waals surface area contributed by atoms with Crippen molar-refractivity contribution in [1.29, 1.82) is 0 Å². The lowest BCUT2D eigenvalue weighted by Crippen LogP contribution is -2.40. The number of amides is 2. The first-order chi connectivity index (χ1) is 13.6. The Morgan fingerprint density at radius 3 is 2.25 bits per heavy atom. The summed E-state index contributed by atoms with van der Waals surface area (Å²) >= 11 is 0. The molecule has 2 saturated carbocycles. The molecular weight excluding hydrogens is 359 g/mol. The second kappa shape index (κ2) is 5.50. The Balaban J connectivity index is 1.24. The summed E-state index contributed by atoms with van der Waals surface area (Å²) in [6, 6.07) is 9.44. The standard InChI is InChI=1S/C22H17FN2O3/c23-12-3-1-11(2-4-12)18-8-5-13(28-18)10-24-25-21(26)19-14-6-7-15(17-9-16(14)17)20(19)22(25)27/h1-8,10,14-17,19-20H,9H2/b24-10-/t14-,15-,16-,17+,19-,20-/m1/s1. The molecule has 1 aromatic carbocycles. The Morgan fingerprint density at radius 1 is 0.964 bits per heavy atom. The summed E-state index contributed by atoms with van der Waals surface area (Å²) < 4.78 is 18.8. The molecule has 6 heteroatoms. The smallest absolute Gasteiger partial charge is 0.254 e. The molecule has 1 aliphatic heterocycles. The van der Waals surface area contributed by atoms with Gasteiger partial charge in [-0.25, -0.2) is 4.39 Å². The summed E-state index contributed by atoms with van der Waals surface area (Å²) in [7, 11) is 0. The SMILES string of the molecule is O=C1[C@@H]2[C@@H]3C=C[C@H]([C@@H]4C[C@H]34)[C@H]2C(=O)N1/N=C\c1ccc(-c2ccc(F)cc2)o1. The third-order valence-corrected chi connectivity index (χ3v) is 6.70. The Hall–Kier alpha value is -3.02. The van der Waals surface area contributed by atoms with Crippen molar-refractivity contribution in [1.82, 2.24) is 5.01 Å². The number of imide groups is 1. The van der Waals surface area contributed by atoms with E-state index in [0.29, 0.717) is 23.4 Å². The van der Waals surface area contributed by atoms with Crippen LogP contribution in [0.1, 0.15) is 12.2 Å². The molecule has 2 heterocycles. The van der Waals surface area contributed by atoms with Gasteiger partial charge in [0.15, 0.2) is 0 Å². The normalized spacial score (nSPS) is 35.0. The summed E-state index contributed by atoms with van der Waals surface area (Å²) in [6.07, 6.45) is 6.81. The zero-order chi connectivity index (χ0) is 19.0. The van der Waals surface area contributed by atoms with Gasteiger partial charge in [-0.3, -0.25) is 9.59 Å². The summed E-state index contributed by atoms with van der Waals surface area (Å²) in [4.78, 5) is 25.8. The third-order valence-electron chi connectivity index (χ3n) is 6.70. The van der Waals surface area contributed by atoms with Crippen LogP contribution in [0.5, 0.6) is 0 Å². The van der Waals surface area contributed by atoms with Gasteiger partial charge in [-0.15, -0.1) is 0 Å². The predicted octanol–water partition coefficient (Wildman–Crippen LogP) is 3.47. The van der Waals surface area contributed by atoms with Crippen LogP contribution >= 0.6 is 0 Å². The van der Waals surface area contributed by atoms with Crippen LogP contribution in [0.4, 0.5) is 4.39 Å². The second-order valence-electron chi connectivity index (χ2n) is 8.10. The molecule has 5 aliphatic rings. The first-order valence-corrected chi connectivity index (χ1v) is 9.58. The van der Waals surface area contributed by atoms with Gasteiger partial charge in [0, 0.05) is 5.56 Å². The van der Waals surface area contributed by atoms with Gasteiger partial charge in [0.05, 0.1) is 18.1 Å². The fourth-order valence-electron chi connectivity index (χ4n) is 5.36. The maximum Gasteiger partial charge on any atom is 0.254 e. The summed E-state index contributed by atoms with van der Waals surface area (Å²) in [5, 5.41) is 5.20.